The summed E-state index contributed by atoms with van der Waals surface area (Å²) in [6.07, 6.45) is 1.74. The quantitative estimate of drug-likeness (QED) is 0.427. The van der Waals surface area contributed by atoms with Gasteiger partial charge in [-0.25, -0.2) is 9.59 Å². The van der Waals surface area contributed by atoms with E-state index in [2.05, 4.69) is 0 Å². The van der Waals surface area contributed by atoms with Gasteiger partial charge in [0.2, 0.25) is 5.75 Å². The van der Waals surface area contributed by atoms with Crippen LogP contribution in [-0.2, 0) is 20.9 Å². The Morgan fingerprint density at radius 2 is 1.87 bits per heavy atom. The van der Waals surface area contributed by atoms with E-state index >= 15 is 0 Å². The van der Waals surface area contributed by atoms with Crippen molar-refractivity contribution in [3.05, 3.63) is 41.5 Å². The predicted octanol–water partition coefficient (Wildman–Crippen LogP) is 4.15. The Bertz CT molecular complexity index is 920. The minimum Gasteiger partial charge on any atom is -0.493 e. The molecule has 0 aliphatic carbocycles. The maximum absolute atomic E-state index is 12.1. The van der Waals surface area contributed by atoms with Crippen LogP contribution in [0.4, 0.5) is 0 Å². The van der Waals surface area contributed by atoms with Crippen molar-refractivity contribution in [1.29, 1.82) is 0 Å². The van der Waals surface area contributed by atoms with Crippen molar-refractivity contribution in [1.82, 2.24) is 0 Å². The second-order valence-electron chi connectivity index (χ2n) is 6.72. The highest BCUT2D eigenvalue weighted by Gasteiger charge is 2.24. The molecule has 0 amide bonds. The molecule has 2 aromatic carbocycles. The van der Waals surface area contributed by atoms with Gasteiger partial charge in [-0.15, -0.1) is 0 Å². The van der Waals surface area contributed by atoms with Gasteiger partial charge in [-0.1, -0.05) is 19.4 Å². The van der Waals surface area contributed by atoms with E-state index in [-0.39, 0.29) is 19.2 Å². The molecule has 160 valence electrons. The first-order valence-corrected chi connectivity index (χ1v) is 10.0. The van der Waals surface area contributed by atoms with E-state index in [4.69, 9.17) is 23.7 Å². The van der Waals surface area contributed by atoms with E-state index in [9.17, 15) is 9.59 Å². The molecule has 3 rings (SSSR count). The average molecular weight is 414 g/mol. The fourth-order valence-corrected chi connectivity index (χ4v) is 3.16. The van der Waals surface area contributed by atoms with Crippen molar-refractivity contribution < 1.29 is 33.3 Å². The minimum atomic E-state index is -0.451. The van der Waals surface area contributed by atoms with E-state index < -0.39 is 5.97 Å². The Kier molecular flexibility index (Phi) is 7.17. The lowest BCUT2D eigenvalue weighted by Gasteiger charge is -2.18. The Hall–Kier alpha value is -3.22. The molecule has 0 saturated heterocycles. The molecule has 0 aromatic heterocycles. The Balaban J connectivity index is 1.95. The lowest BCUT2D eigenvalue weighted by atomic mass is 9.99. The standard InChI is InChI=1S/C23H26O7/c1-4-6-11-28-20(24)14-29-21-17(9-10-19(26-3)22(21)27-5-2)15-7-8-18-16(12-15)13-30-23(18)25/h7-10,12H,4-6,11,13-14H2,1-3H3. The topological polar surface area (TPSA) is 80.3 Å². The molecular formula is C23H26O7. The van der Waals surface area contributed by atoms with Gasteiger partial charge in [0.1, 0.15) is 6.61 Å². The summed E-state index contributed by atoms with van der Waals surface area (Å²) in [5, 5.41) is 0. The number of methoxy groups -OCH3 is 1. The number of esters is 2. The first kappa shape index (κ1) is 21.5. The van der Waals surface area contributed by atoms with Crippen LogP contribution in [0.2, 0.25) is 0 Å². The lowest BCUT2D eigenvalue weighted by molar-refractivity contribution is -0.146. The van der Waals surface area contributed by atoms with Crippen LogP contribution in [0, 0.1) is 0 Å². The predicted molar refractivity (Wildman–Crippen MR) is 110 cm³/mol. The molecule has 7 heteroatoms. The van der Waals surface area contributed by atoms with Crippen LogP contribution in [-0.4, -0.2) is 38.9 Å². The van der Waals surface area contributed by atoms with Crippen molar-refractivity contribution in [2.24, 2.45) is 0 Å². The van der Waals surface area contributed by atoms with Crippen LogP contribution < -0.4 is 14.2 Å². The van der Waals surface area contributed by atoms with Gasteiger partial charge in [0, 0.05) is 11.1 Å². The number of carbonyl (C=O) groups is 2. The van der Waals surface area contributed by atoms with Crippen LogP contribution in [0.1, 0.15) is 42.6 Å². The summed E-state index contributed by atoms with van der Waals surface area (Å²) in [6, 6.07) is 9.03. The lowest BCUT2D eigenvalue weighted by Crippen LogP contribution is -2.16. The van der Waals surface area contributed by atoms with Gasteiger partial charge < -0.3 is 23.7 Å². The van der Waals surface area contributed by atoms with Gasteiger partial charge in [0.05, 0.1) is 25.9 Å². The number of fused-ring (bicyclic) bond motifs is 1. The van der Waals surface area contributed by atoms with Crippen LogP contribution in [0.3, 0.4) is 0 Å². The first-order chi connectivity index (χ1) is 14.6. The highest BCUT2D eigenvalue weighted by atomic mass is 16.6. The summed E-state index contributed by atoms with van der Waals surface area (Å²) in [5.41, 5.74) is 2.88. The molecule has 30 heavy (non-hydrogen) atoms. The maximum atomic E-state index is 12.1. The molecule has 0 radical (unpaired) electrons. The third-order valence-corrected chi connectivity index (χ3v) is 4.67. The second-order valence-corrected chi connectivity index (χ2v) is 6.72. The third-order valence-electron chi connectivity index (χ3n) is 4.67. The molecule has 0 unspecified atom stereocenters. The van der Waals surface area contributed by atoms with E-state index in [1.54, 1.807) is 19.2 Å². The zero-order chi connectivity index (χ0) is 21.5. The Morgan fingerprint density at radius 3 is 2.60 bits per heavy atom. The largest absolute Gasteiger partial charge is 0.493 e. The number of unbranched alkanes of at least 4 members (excludes halogenated alkanes) is 1. The number of rotatable bonds is 10. The number of carbonyl (C=O) groups excluding carboxylic acids is 2. The molecular weight excluding hydrogens is 388 g/mol. The molecule has 0 spiro atoms. The Morgan fingerprint density at radius 1 is 1.07 bits per heavy atom. The molecule has 1 heterocycles. The highest BCUT2D eigenvalue weighted by Crippen LogP contribution is 2.45. The van der Waals surface area contributed by atoms with E-state index in [0.29, 0.717) is 41.6 Å². The van der Waals surface area contributed by atoms with Crippen LogP contribution in [0.25, 0.3) is 11.1 Å². The SMILES string of the molecule is CCCCOC(=O)COc1c(-c2ccc3c(c2)COC3=O)ccc(OC)c1OCC. The summed E-state index contributed by atoms with van der Waals surface area (Å²) < 4.78 is 27.4. The zero-order valence-electron chi connectivity index (χ0n) is 17.5. The molecule has 0 saturated carbocycles. The molecule has 0 N–H and O–H groups in total. The maximum Gasteiger partial charge on any atom is 0.344 e. The van der Waals surface area contributed by atoms with Crippen molar-refractivity contribution >= 4 is 11.9 Å². The molecule has 1 aliphatic rings. The summed E-state index contributed by atoms with van der Waals surface area (Å²) in [7, 11) is 1.54. The molecule has 7 nitrogen and oxygen atoms in total. The van der Waals surface area contributed by atoms with Gasteiger partial charge in [-0.3, -0.25) is 0 Å². The minimum absolute atomic E-state index is 0.233. The second kappa shape index (κ2) is 10.0. The van der Waals surface area contributed by atoms with Crippen molar-refractivity contribution in [2.75, 3.05) is 26.9 Å². The van der Waals surface area contributed by atoms with E-state index in [1.165, 1.54) is 0 Å². The molecule has 1 aliphatic heterocycles. The number of hydrogen-bond donors (Lipinski definition) is 0. The van der Waals surface area contributed by atoms with Gasteiger partial charge in [0.25, 0.3) is 0 Å². The summed E-state index contributed by atoms with van der Waals surface area (Å²) in [4.78, 5) is 23.8. The number of hydrogen-bond acceptors (Lipinski definition) is 7. The normalized spacial score (nSPS) is 12.2. The Labute approximate surface area is 175 Å². The fourth-order valence-electron chi connectivity index (χ4n) is 3.16. The van der Waals surface area contributed by atoms with Crippen LogP contribution >= 0.6 is 0 Å². The summed E-state index contributed by atoms with van der Waals surface area (Å²) in [5.74, 6) is 0.510. The smallest absolute Gasteiger partial charge is 0.344 e. The monoisotopic (exact) mass is 414 g/mol. The molecule has 0 fully saturated rings. The van der Waals surface area contributed by atoms with Gasteiger partial charge in [-0.05, 0) is 43.2 Å². The van der Waals surface area contributed by atoms with Gasteiger partial charge in [-0.2, -0.15) is 0 Å². The molecule has 2 aromatic rings. The van der Waals surface area contributed by atoms with Crippen LogP contribution in [0.5, 0.6) is 17.2 Å². The van der Waals surface area contributed by atoms with Crippen molar-refractivity contribution in [3.8, 4) is 28.4 Å². The third kappa shape index (κ3) is 4.67. The van der Waals surface area contributed by atoms with Crippen molar-refractivity contribution in [2.45, 2.75) is 33.3 Å². The van der Waals surface area contributed by atoms with E-state index in [0.717, 1.165) is 24.0 Å². The first-order valence-electron chi connectivity index (χ1n) is 10.0. The van der Waals surface area contributed by atoms with Gasteiger partial charge in [0.15, 0.2) is 18.1 Å². The van der Waals surface area contributed by atoms with Crippen molar-refractivity contribution in [3.63, 3.8) is 0 Å². The molecule has 0 bridgehead atoms. The zero-order valence-corrected chi connectivity index (χ0v) is 17.5. The summed E-state index contributed by atoms with van der Waals surface area (Å²) >= 11 is 0. The van der Waals surface area contributed by atoms with E-state index in [1.807, 2.05) is 32.0 Å². The molecule has 0 atom stereocenters. The number of ether oxygens (including phenoxy) is 5. The average Bonchev–Trinajstić information content (AvgIpc) is 3.13. The fraction of sp³-hybridized carbons (Fsp3) is 0.391. The van der Waals surface area contributed by atoms with Crippen LogP contribution in [0.15, 0.2) is 30.3 Å². The highest BCUT2D eigenvalue weighted by molar-refractivity contribution is 5.94. The summed E-state index contributed by atoms with van der Waals surface area (Å²) in [6.45, 7) is 4.61. The van der Waals surface area contributed by atoms with Gasteiger partial charge >= 0.3 is 11.9 Å². The number of benzene rings is 2. The number of cyclic esters (lactones) is 1.